The maximum Gasteiger partial charge on any atom is 0.337 e. The molecule has 0 aromatic heterocycles. The van der Waals surface area contributed by atoms with Crippen molar-refractivity contribution in [2.24, 2.45) is 0 Å². The van der Waals surface area contributed by atoms with Crippen molar-refractivity contribution in [3.05, 3.63) is 21.7 Å². The maximum atomic E-state index is 11.6. The van der Waals surface area contributed by atoms with E-state index in [0.29, 0.717) is 18.1 Å². The van der Waals surface area contributed by atoms with Crippen molar-refractivity contribution in [1.29, 1.82) is 0 Å². The van der Waals surface area contributed by atoms with E-state index in [2.05, 4.69) is 0 Å². The van der Waals surface area contributed by atoms with Gasteiger partial charge in [0, 0.05) is 18.6 Å². The highest BCUT2D eigenvalue weighted by Gasteiger charge is 2.27. The molecule has 0 amide bonds. The first kappa shape index (κ1) is 13.8. The molecule has 0 radical (unpaired) electrons. The van der Waals surface area contributed by atoms with Crippen LogP contribution in [0.2, 0.25) is 0 Å². The van der Waals surface area contributed by atoms with Crippen LogP contribution >= 0.6 is 34.8 Å². The maximum absolute atomic E-state index is 11.6. The number of alkyl halides is 1. The van der Waals surface area contributed by atoms with Crippen LogP contribution in [-0.4, -0.2) is 31.7 Å². The lowest BCUT2D eigenvalue weighted by atomic mass is 10.0. The Labute approximate surface area is 109 Å². The molecule has 1 aliphatic rings. The Morgan fingerprint density at radius 1 is 1.50 bits per heavy atom. The van der Waals surface area contributed by atoms with Gasteiger partial charge in [-0.2, -0.15) is 0 Å². The zero-order valence-electron chi connectivity index (χ0n) is 8.63. The summed E-state index contributed by atoms with van der Waals surface area (Å²) in [6.07, 6.45) is 1.89. The van der Waals surface area contributed by atoms with E-state index in [1.165, 1.54) is 13.2 Å². The summed E-state index contributed by atoms with van der Waals surface area (Å²) in [5.41, 5.74) is 0.254. The Morgan fingerprint density at radius 3 is 2.75 bits per heavy atom. The number of rotatable bonds is 4. The van der Waals surface area contributed by atoms with Crippen LogP contribution in [0.1, 0.15) is 6.42 Å². The lowest BCUT2D eigenvalue weighted by molar-refractivity contribution is -0.140. The van der Waals surface area contributed by atoms with E-state index in [0.717, 1.165) is 0 Å². The second-order valence-electron chi connectivity index (χ2n) is 3.15. The van der Waals surface area contributed by atoms with Gasteiger partial charge in [0.1, 0.15) is 6.61 Å². The van der Waals surface area contributed by atoms with Gasteiger partial charge >= 0.3 is 5.97 Å². The van der Waals surface area contributed by atoms with E-state index >= 15 is 0 Å². The largest absolute Gasteiger partial charge is 0.460 e. The van der Waals surface area contributed by atoms with Crippen LogP contribution in [0.25, 0.3) is 0 Å². The first-order chi connectivity index (χ1) is 7.56. The summed E-state index contributed by atoms with van der Waals surface area (Å²) in [4.78, 5) is 11.6. The molecule has 0 spiro atoms. The van der Waals surface area contributed by atoms with Gasteiger partial charge in [-0.1, -0.05) is 23.2 Å². The minimum absolute atomic E-state index is 0.171. The standard InChI is InChI=1S/C10H11Cl3O3/c1-15-2-3-16-10(14)9-7(12)4-6(11)5-8(9)13/h4,8H,2-3,5H2,1H3/t8-/m1/s1. The Balaban J connectivity index is 2.70. The van der Waals surface area contributed by atoms with Crippen molar-refractivity contribution >= 4 is 40.8 Å². The van der Waals surface area contributed by atoms with Crippen LogP contribution in [0, 0.1) is 0 Å². The number of carbonyl (C=O) groups is 1. The summed E-state index contributed by atoms with van der Waals surface area (Å²) in [6.45, 7) is 0.504. The Bertz CT molecular complexity index is 336. The second kappa shape index (κ2) is 6.50. The van der Waals surface area contributed by atoms with Crippen LogP contribution in [0.5, 0.6) is 0 Å². The van der Waals surface area contributed by atoms with Crippen molar-refractivity contribution in [3.63, 3.8) is 0 Å². The van der Waals surface area contributed by atoms with Crippen molar-refractivity contribution < 1.29 is 14.3 Å². The van der Waals surface area contributed by atoms with Crippen molar-refractivity contribution in [3.8, 4) is 0 Å². The molecule has 0 aromatic carbocycles. The highest BCUT2D eigenvalue weighted by Crippen LogP contribution is 2.32. The van der Waals surface area contributed by atoms with Gasteiger partial charge in [-0.05, 0) is 6.08 Å². The monoisotopic (exact) mass is 284 g/mol. The van der Waals surface area contributed by atoms with E-state index in [4.69, 9.17) is 44.3 Å². The van der Waals surface area contributed by atoms with E-state index in [9.17, 15) is 4.79 Å². The summed E-state index contributed by atoms with van der Waals surface area (Å²) >= 11 is 17.7. The molecular weight excluding hydrogens is 274 g/mol. The first-order valence-corrected chi connectivity index (χ1v) is 5.81. The molecule has 6 heteroatoms. The normalized spacial score (nSPS) is 20.8. The Hall–Kier alpha value is -0.220. The average Bonchev–Trinajstić information content (AvgIpc) is 2.16. The van der Waals surface area contributed by atoms with Gasteiger partial charge in [-0.3, -0.25) is 0 Å². The van der Waals surface area contributed by atoms with Crippen LogP contribution in [0.3, 0.4) is 0 Å². The van der Waals surface area contributed by atoms with Gasteiger partial charge in [0.25, 0.3) is 0 Å². The van der Waals surface area contributed by atoms with Gasteiger partial charge in [-0.15, -0.1) is 11.6 Å². The number of ether oxygens (including phenoxy) is 2. The number of esters is 1. The highest BCUT2D eigenvalue weighted by atomic mass is 35.5. The minimum atomic E-state index is -0.542. The van der Waals surface area contributed by atoms with Gasteiger partial charge in [0.05, 0.1) is 22.6 Å². The summed E-state index contributed by atoms with van der Waals surface area (Å²) in [7, 11) is 1.52. The Morgan fingerprint density at radius 2 is 2.19 bits per heavy atom. The molecule has 0 fully saturated rings. The molecule has 90 valence electrons. The molecule has 0 unspecified atom stereocenters. The number of allylic oxidation sites excluding steroid dienone is 3. The van der Waals surface area contributed by atoms with Crippen LogP contribution in [0.4, 0.5) is 0 Å². The summed E-state index contributed by atoms with van der Waals surface area (Å²) in [6, 6.07) is 0. The molecule has 3 nitrogen and oxygen atoms in total. The zero-order valence-corrected chi connectivity index (χ0v) is 10.9. The molecule has 0 aromatic rings. The quantitative estimate of drug-likeness (QED) is 0.453. The minimum Gasteiger partial charge on any atom is -0.460 e. The van der Waals surface area contributed by atoms with Gasteiger partial charge in [0.2, 0.25) is 0 Å². The van der Waals surface area contributed by atoms with Crippen molar-refractivity contribution in [2.75, 3.05) is 20.3 Å². The third kappa shape index (κ3) is 3.67. The van der Waals surface area contributed by atoms with Crippen molar-refractivity contribution in [1.82, 2.24) is 0 Å². The van der Waals surface area contributed by atoms with E-state index < -0.39 is 11.3 Å². The molecule has 0 aliphatic heterocycles. The number of hydrogen-bond donors (Lipinski definition) is 0. The van der Waals surface area contributed by atoms with Crippen LogP contribution in [-0.2, 0) is 14.3 Å². The lowest BCUT2D eigenvalue weighted by Crippen LogP contribution is -2.21. The molecule has 1 aliphatic carbocycles. The molecule has 1 atom stereocenters. The highest BCUT2D eigenvalue weighted by molar-refractivity contribution is 6.39. The SMILES string of the molecule is COCCOC(=O)C1=C(Cl)C=C(Cl)C[C@H]1Cl. The Kier molecular flexibility index (Phi) is 5.62. The molecular formula is C10H11Cl3O3. The predicted octanol–water partition coefficient (Wildman–Crippen LogP) is 2.80. The van der Waals surface area contributed by atoms with E-state index in [1.54, 1.807) is 0 Å². The predicted molar refractivity (Wildman–Crippen MR) is 63.9 cm³/mol. The van der Waals surface area contributed by atoms with Gasteiger partial charge in [-0.25, -0.2) is 4.79 Å². The fourth-order valence-electron chi connectivity index (χ4n) is 1.22. The third-order valence-electron chi connectivity index (χ3n) is 1.97. The van der Waals surface area contributed by atoms with Gasteiger partial charge in [0.15, 0.2) is 0 Å². The summed E-state index contributed by atoms with van der Waals surface area (Å²) in [5, 5.41) is 0.220. The lowest BCUT2D eigenvalue weighted by Gasteiger charge is -2.18. The molecule has 0 bridgehead atoms. The number of carbonyl (C=O) groups excluding carboxylic acids is 1. The van der Waals surface area contributed by atoms with Crippen LogP contribution < -0.4 is 0 Å². The summed E-state index contributed by atoms with van der Waals surface area (Å²) < 4.78 is 9.69. The fraction of sp³-hybridized carbons (Fsp3) is 0.500. The first-order valence-electron chi connectivity index (χ1n) is 4.62. The van der Waals surface area contributed by atoms with E-state index in [-0.39, 0.29) is 17.2 Å². The second-order valence-corrected chi connectivity index (χ2v) is 4.57. The molecule has 1 rings (SSSR count). The molecule has 0 saturated carbocycles. The molecule has 0 heterocycles. The smallest absolute Gasteiger partial charge is 0.337 e. The third-order valence-corrected chi connectivity index (χ3v) is 2.92. The zero-order chi connectivity index (χ0) is 12.1. The summed E-state index contributed by atoms with van der Waals surface area (Å²) in [5.74, 6) is -0.525. The molecule has 0 saturated heterocycles. The number of hydrogen-bond acceptors (Lipinski definition) is 3. The van der Waals surface area contributed by atoms with E-state index in [1.807, 2.05) is 0 Å². The molecule has 16 heavy (non-hydrogen) atoms. The van der Waals surface area contributed by atoms with Gasteiger partial charge < -0.3 is 9.47 Å². The number of methoxy groups -OCH3 is 1. The molecule has 0 N–H and O–H groups in total. The average molecular weight is 286 g/mol. The van der Waals surface area contributed by atoms with Crippen molar-refractivity contribution in [2.45, 2.75) is 11.8 Å². The fourth-order valence-corrected chi connectivity index (χ4v) is 2.39. The van der Waals surface area contributed by atoms with Crippen LogP contribution in [0.15, 0.2) is 21.7 Å². The topological polar surface area (TPSA) is 35.5 Å². The number of halogens is 3.